The Bertz CT molecular complexity index is 399. The lowest BCUT2D eigenvalue weighted by molar-refractivity contribution is -0.149. The fourth-order valence-corrected chi connectivity index (χ4v) is 3.93. The highest BCUT2D eigenvalue weighted by Gasteiger charge is 2.44. The van der Waals surface area contributed by atoms with Gasteiger partial charge in [0.15, 0.2) is 0 Å². The maximum absolute atomic E-state index is 12.9. The number of amides is 1. The summed E-state index contributed by atoms with van der Waals surface area (Å²) in [5.41, 5.74) is 0. The number of carboxylic acids is 1. The molecule has 1 amide bonds. The molecule has 2 fully saturated rings. The number of nitrogens with zero attached hydrogens (tertiary/aromatic N) is 2. The van der Waals surface area contributed by atoms with Crippen molar-refractivity contribution in [2.45, 2.75) is 45.6 Å². The topological polar surface area (TPSA) is 60.9 Å². The maximum Gasteiger partial charge on any atom is 0.307 e. The highest BCUT2D eigenvalue weighted by Crippen LogP contribution is 2.39. The van der Waals surface area contributed by atoms with Gasteiger partial charge in [0.05, 0.1) is 11.8 Å². The third kappa shape index (κ3) is 3.57. The Labute approximate surface area is 127 Å². The fourth-order valence-electron chi connectivity index (χ4n) is 3.93. The van der Waals surface area contributed by atoms with Gasteiger partial charge in [-0.25, -0.2) is 0 Å². The van der Waals surface area contributed by atoms with Gasteiger partial charge in [-0.15, -0.1) is 0 Å². The van der Waals surface area contributed by atoms with Crippen LogP contribution in [0.15, 0.2) is 0 Å². The van der Waals surface area contributed by atoms with Gasteiger partial charge in [0.1, 0.15) is 0 Å². The molecule has 120 valence electrons. The van der Waals surface area contributed by atoms with Gasteiger partial charge in [-0.3, -0.25) is 9.59 Å². The lowest BCUT2D eigenvalue weighted by atomic mass is 9.94. The SMILES string of the molecule is CCC1CC(C(=O)O)C(C(=O)N2CCCN(C)CC2C)C1. The number of rotatable bonds is 3. The molecule has 5 nitrogen and oxygen atoms in total. The van der Waals surface area contributed by atoms with Crippen LogP contribution in [0.1, 0.15) is 39.5 Å². The summed E-state index contributed by atoms with van der Waals surface area (Å²) >= 11 is 0. The first-order chi connectivity index (χ1) is 9.93. The Hall–Kier alpha value is -1.10. The Kier molecular flexibility index (Phi) is 5.25. The van der Waals surface area contributed by atoms with Gasteiger partial charge in [-0.2, -0.15) is 0 Å². The van der Waals surface area contributed by atoms with E-state index in [0.29, 0.717) is 12.3 Å². The quantitative estimate of drug-likeness (QED) is 0.860. The van der Waals surface area contributed by atoms with E-state index in [1.807, 2.05) is 4.90 Å². The van der Waals surface area contributed by atoms with Crippen LogP contribution in [0.3, 0.4) is 0 Å². The summed E-state index contributed by atoms with van der Waals surface area (Å²) in [6.45, 7) is 6.78. The minimum atomic E-state index is -0.802. The van der Waals surface area contributed by atoms with Gasteiger partial charge < -0.3 is 14.9 Å². The standard InChI is InChI=1S/C16H28N2O3/c1-4-12-8-13(14(9-12)16(20)21)15(19)18-7-5-6-17(3)10-11(18)2/h11-14H,4-10H2,1-3H3,(H,20,21). The summed E-state index contributed by atoms with van der Waals surface area (Å²) in [6, 6.07) is 0.167. The first kappa shape index (κ1) is 16.3. The first-order valence-corrected chi connectivity index (χ1v) is 8.15. The van der Waals surface area contributed by atoms with E-state index in [2.05, 4.69) is 25.8 Å². The van der Waals surface area contributed by atoms with Crippen molar-refractivity contribution in [2.24, 2.45) is 17.8 Å². The third-order valence-corrected chi connectivity index (χ3v) is 5.20. The molecule has 1 heterocycles. The van der Waals surface area contributed by atoms with E-state index >= 15 is 0 Å². The van der Waals surface area contributed by atoms with E-state index in [-0.39, 0.29) is 17.9 Å². The molecular formula is C16H28N2O3. The van der Waals surface area contributed by atoms with Crippen LogP contribution >= 0.6 is 0 Å². The monoisotopic (exact) mass is 296 g/mol. The minimum Gasteiger partial charge on any atom is -0.481 e. The molecule has 0 bridgehead atoms. The minimum absolute atomic E-state index is 0.0705. The predicted molar refractivity (Wildman–Crippen MR) is 80.9 cm³/mol. The summed E-state index contributed by atoms with van der Waals surface area (Å²) in [7, 11) is 2.08. The molecule has 2 aliphatic rings. The highest BCUT2D eigenvalue weighted by molar-refractivity contribution is 5.85. The van der Waals surface area contributed by atoms with Gasteiger partial charge in [0, 0.05) is 19.1 Å². The number of likely N-dealkylation sites (N-methyl/N-ethyl adjacent to an activating group) is 1. The summed E-state index contributed by atoms with van der Waals surface area (Å²) in [4.78, 5) is 28.6. The molecule has 0 aromatic rings. The molecule has 0 aromatic carbocycles. The van der Waals surface area contributed by atoms with Crippen molar-refractivity contribution < 1.29 is 14.7 Å². The van der Waals surface area contributed by atoms with Gasteiger partial charge in [-0.05, 0) is 45.7 Å². The Morgan fingerprint density at radius 2 is 1.86 bits per heavy atom. The molecule has 1 aliphatic heterocycles. The first-order valence-electron chi connectivity index (χ1n) is 8.15. The number of carboxylic acid groups (broad SMARTS) is 1. The van der Waals surface area contributed by atoms with E-state index < -0.39 is 11.9 Å². The Morgan fingerprint density at radius 1 is 1.19 bits per heavy atom. The molecular weight excluding hydrogens is 268 g/mol. The zero-order valence-electron chi connectivity index (χ0n) is 13.4. The van der Waals surface area contributed by atoms with E-state index in [1.54, 1.807) is 0 Å². The van der Waals surface area contributed by atoms with Crippen molar-refractivity contribution in [3.8, 4) is 0 Å². The van der Waals surface area contributed by atoms with E-state index in [1.165, 1.54) is 0 Å². The molecule has 21 heavy (non-hydrogen) atoms. The second-order valence-corrected chi connectivity index (χ2v) is 6.79. The summed E-state index contributed by atoms with van der Waals surface area (Å²) in [5.74, 6) is -1.16. The summed E-state index contributed by atoms with van der Waals surface area (Å²) < 4.78 is 0. The predicted octanol–water partition coefficient (Wildman–Crippen LogP) is 1.68. The van der Waals surface area contributed by atoms with Crippen molar-refractivity contribution in [1.82, 2.24) is 9.80 Å². The number of carbonyl (C=O) groups is 2. The van der Waals surface area contributed by atoms with Crippen molar-refractivity contribution in [2.75, 3.05) is 26.7 Å². The Balaban J connectivity index is 2.11. The molecule has 2 rings (SSSR count). The average Bonchev–Trinajstić information content (AvgIpc) is 2.79. The lowest BCUT2D eigenvalue weighted by Crippen LogP contribution is -2.46. The van der Waals surface area contributed by atoms with Crippen molar-refractivity contribution in [1.29, 1.82) is 0 Å². The molecule has 1 saturated carbocycles. The zero-order chi connectivity index (χ0) is 15.6. The van der Waals surface area contributed by atoms with Crippen LogP contribution in [-0.4, -0.2) is 59.5 Å². The fraction of sp³-hybridized carbons (Fsp3) is 0.875. The van der Waals surface area contributed by atoms with Gasteiger partial charge in [0.2, 0.25) is 5.91 Å². The molecule has 1 saturated heterocycles. The number of aliphatic carboxylic acids is 1. The molecule has 5 heteroatoms. The van der Waals surface area contributed by atoms with Crippen molar-refractivity contribution in [3.63, 3.8) is 0 Å². The van der Waals surface area contributed by atoms with Crippen LogP contribution in [0.4, 0.5) is 0 Å². The largest absolute Gasteiger partial charge is 0.481 e. The smallest absolute Gasteiger partial charge is 0.307 e. The second kappa shape index (κ2) is 6.77. The number of hydrogen-bond donors (Lipinski definition) is 1. The zero-order valence-corrected chi connectivity index (χ0v) is 13.4. The number of hydrogen-bond acceptors (Lipinski definition) is 3. The van der Waals surface area contributed by atoms with Crippen LogP contribution in [0, 0.1) is 17.8 Å². The van der Waals surface area contributed by atoms with Crippen LogP contribution in [-0.2, 0) is 9.59 Å². The molecule has 1 N–H and O–H groups in total. The molecule has 0 radical (unpaired) electrons. The second-order valence-electron chi connectivity index (χ2n) is 6.79. The molecule has 4 atom stereocenters. The van der Waals surface area contributed by atoms with Crippen LogP contribution < -0.4 is 0 Å². The highest BCUT2D eigenvalue weighted by atomic mass is 16.4. The molecule has 4 unspecified atom stereocenters. The van der Waals surface area contributed by atoms with Gasteiger partial charge in [-0.1, -0.05) is 13.3 Å². The van der Waals surface area contributed by atoms with Crippen LogP contribution in [0.25, 0.3) is 0 Å². The summed E-state index contributed by atoms with van der Waals surface area (Å²) in [6.07, 6.45) is 3.33. The van der Waals surface area contributed by atoms with E-state index in [0.717, 1.165) is 38.9 Å². The lowest BCUT2D eigenvalue weighted by Gasteiger charge is -2.31. The third-order valence-electron chi connectivity index (χ3n) is 5.20. The van der Waals surface area contributed by atoms with Crippen molar-refractivity contribution >= 4 is 11.9 Å². The number of carbonyl (C=O) groups excluding carboxylic acids is 1. The van der Waals surface area contributed by atoms with E-state index in [9.17, 15) is 14.7 Å². The Morgan fingerprint density at radius 3 is 2.48 bits per heavy atom. The van der Waals surface area contributed by atoms with Crippen LogP contribution in [0.5, 0.6) is 0 Å². The average molecular weight is 296 g/mol. The van der Waals surface area contributed by atoms with Crippen LogP contribution in [0.2, 0.25) is 0 Å². The molecule has 1 aliphatic carbocycles. The molecule has 0 aromatic heterocycles. The van der Waals surface area contributed by atoms with Gasteiger partial charge >= 0.3 is 5.97 Å². The van der Waals surface area contributed by atoms with Crippen molar-refractivity contribution in [3.05, 3.63) is 0 Å². The van der Waals surface area contributed by atoms with E-state index in [4.69, 9.17) is 0 Å². The summed E-state index contributed by atoms with van der Waals surface area (Å²) in [5, 5.41) is 9.43. The van der Waals surface area contributed by atoms with Gasteiger partial charge in [0.25, 0.3) is 0 Å². The molecule has 0 spiro atoms. The maximum atomic E-state index is 12.9. The normalized spacial score (nSPS) is 34.7.